The van der Waals surface area contributed by atoms with Crippen LogP contribution in [0.25, 0.3) is 0 Å². The average molecular weight is 434 g/mol. The van der Waals surface area contributed by atoms with Gasteiger partial charge >= 0.3 is 0 Å². The molecule has 0 radical (unpaired) electrons. The van der Waals surface area contributed by atoms with Gasteiger partial charge in [0.1, 0.15) is 23.8 Å². The second-order valence-electron chi connectivity index (χ2n) is 8.31. The summed E-state index contributed by atoms with van der Waals surface area (Å²) in [6.45, 7) is 2.52. The largest absolute Gasteiger partial charge is 0.363 e. The van der Waals surface area contributed by atoms with Crippen LogP contribution in [-0.4, -0.2) is 62.0 Å². The maximum atomic E-state index is 13.4. The number of aromatic nitrogens is 2. The lowest BCUT2D eigenvalue weighted by molar-refractivity contribution is 0.308. The van der Waals surface area contributed by atoms with Gasteiger partial charge in [-0.25, -0.2) is 22.8 Å². The topological polar surface area (TPSA) is 69.6 Å². The molecule has 1 aromatic heterocycles. The molecule has 4 rings (SSSR count). The molecule has 2 fully saturated rings. The lowest BCUT2D eigenvalue weighted by atomic mass is 10.0. The van der Waals surface area contributed by atoms with Gasteiger partial charge in [-0.05, 0) is 56.4 Å². The molecule has 2 aromatic rings. The average Bonchev–Trinajstić information content (AvgIpc) is 3.53. The molecule has 7 nitrogen and oxygen atoms in total. The van der Waals surface area contributed by atoms with E-state index in [9.17, 15) is 12.8 Å². The molecule has 1 aromatic carbocycles. The van der Waals surface area contributed by atoms with Crippen molar-refractivity contribution in [1.82, 2.24) is 14.3 Å². The molecule has 2 aliphatic rings. The molecule has 1 saturated carbocycles. The minimum atomic E-state index is -3.63. The van der Waals surface area contributed by atoms with Gasteiger partial charge in [-0.2, -0.15) is 4.31 Å². The zero-order valence-corrected chi connectivity index (χ0v) is 18.4. The molecule has 0 atom stereocenters. The Balaban J connectivity index is 1.51. The highest BCUT2D eigenvalue weighted by Gasteiger charge is 2.39. The first kappa shape index (κ1) is 21.0. The predicted molar refractivity (Wildman–Crippen MR) is 115 cm³/mol. The van der Waals surface area contributed by atoms with Gasteiger partial charge in [-0.1, -0.05) is 0 Å². The van der Waals surface area contributed by atoms with Crippen LogP contribution in [0.2, 0.25) is 0 Å². The molecular weight excluding hydrogens is 405 g/mol. The van der Waals surface area contributed by atoms with Crippen molar-refractivity contribution >= 4 is 21.7 Å². The summed E-state index contributed by atoms with van der Waals surface area (Å²) in [5.74, 6) is 1.34. The SMILES string of the molecule is Cc1cc(F)ccc1S(=O)(=O)N1CCC(N(c2cc(N(C)C)ncn2)C2CC2)CC1. The van der Waals surface area contributed by atoms with Crippen LogP contribution in [0.5, 0.6) is 0 Å². The Bertz CT molecular complexity index is 1020. The highest BCUT2D eigenvalue weighted by atomic mass is 32.2. The first-order valence-corrected chi connectivity index (χ1v) is 11.8. The highest BCUT2D eigenvalue weighted by Crippen LogP contribution is 2.36. The summed E-state index contributed by atoms with van der Waals surface area (Å²) in [5, 5.41) is 0. The molecule has 162 valence electrons. The number of hydrogen-bond acceptors (Lipinski definition) is 6. The van der Waals surface area contributed by atoms with Gasteiger partial charge in [-0.3, -0.25) is 0 Å². The summed E-state index contributed by atoms with van der Waals surface area (Å²) >= 11 is 0. The first-order chi connectivity index (χ1) is 14.3. The summed E-state index contributed by atoms with van der Waals surface area (Å²) in [7, 11) is 0.276. The zero-order chi connectivity index (χ0) is 21.5. The fourth-order valence-electron chi connectivity index (χ4n) is 4.15. The van der Waals surface area contributed by atoms with Crippen molar-refractivity contribution in [2.45, 2.75) is 49.6 Å². The number of piperidine rings is 1. The number of anilines is 2. The smallest absolute Gasteiger partial charge is 0.243 e. The van der Waals surface area contributed by atoms with Gasteiger partial charge in [0.05, 0.1) is 4.90 Å². The third kappa shape index (κ3) is 4.13. The van der Waals surface area contributed by atoms with Crippen LogP contribution in [-0.2, 0) is 10.0 Å². The van der Waals surface area contributed by atoms with Gasteiger partial charge in [0.25, 0.3) is 0 Å². The molecule has 0 spiro atoms. The Kier molecular flexibility index (Phi) is 5.67. The number of nitrogens with zero attached hydrogens (tertiary/aromatic N) is 5. The fourth-order valence-corrected chi connectivity index (χ4v) is 5.83. The van der Waals surface area contributed by atoms with E-state index in [1.807, 2.05) is 25.1 Å². The second-order valence-corrected chi connectivity index (χ2v) is 10.2. The van der Waals surface area contributed by atoms with E-state index in [-0.39, 0.29) is 10.9 Å². The minimum Gasteiger partial charge on any atom is -0.363 e. The van der Waals surface area contributed by atoms with Crippen molar-refractivity contribution in [2.24, 2.45) is 0 Å². The fraction of sp³-hybridized carbons (Fsp3) is 0.524. The molecule has 9 heteroatoms. The van der Waals surface area contributed by atoms with E-state index in [0.717, 1.165) is 37.3 Å². The van der Waals surface area contributed by atoms with Crippen molar-refractivity contribution in [3.8, 4) is 0 Å². The van der Waals surface area contributed by atoms with Crippen molar-refractivity contribution in [3.05, 3.63) is 42.0 Å². The van der Waals surface area contributed by atoms with E-state index in [0.29, 0.717) is 24.7 Å². The van der Waals surface area contributed by atoms with Crippen LogP contribution in [0.15, 0.2) is 35.5 Å². The van der Waals surface area contributed by atoms with Crippen LogP contribution in [0, 0.1) is 12.7 Å². The molecular formula is C21H28FN5O2S. The molecule has 1 aliphatic heterocycles. The summed E-state index contributed by atoms with van der Waals surface area (Å²) in [4.78, 5) is 13.3. The summed E-state index contributed by atoms with van der Waals surface area (Å²) < 4.78 is 41.1. The van der Waals surface area contributed by atoms with Gasteiger partial charge in [0.2, 0.25) is 10.0 Å². The van der Waals surface area contributed by atoms with Crippen LogP contribution in [0.1, 0.15) is 31.2 Å². The number of halogens is 1. The maximum absolute atomic E-state index is 13.4. The van der Waals surface area contributed by atoms with Crippen LogP contribution in [0.4, 0.5) is 16.0 Å². The highest BCUT2D eigenvalue weighted by molar-refractivity contribution is 7.89. The van der Waals surface area contributed by atoms with E-state index in [1.54, 1.807) is 13.3 Å². The summed E-state index contributed by atoms with van der Waals surface area (Å²) in [5.41, 5.74) is 0.439. The number of aryl methyl sites for hydroxylation is 1. The second kappa shape index (κ2) is 8.11. The number of hydrogen-bond donors (Lipinski definition) is 0. The van der Waals surface area contributed by atoms with E-state index in [4.69, 9.17) is 0 Å². The lowest BCUT2D eigenvalue weighted by Gasteiger charge is -2.39. The van der Waals surface area contributed by atoms with E-state index in [1.165, 1.54) is 22.5 Å². The quantitative estimate of drug-likeness (QED) is 0.698. The Morgan fingerprint density at radius 2 is 1.63 bits per heavy atom. The molecule has 30 heavy (non-hydrogen) atoms. The zero-order valence-electron chi connectivity index (χ0n) is 17.6. The van der Waals surface area contributed by atoms with Crippen LogP contribution < -0.4 is 9.80 Å². The Hall–Kier alpha value is -2.26. The Morgan fingerprint density at radius 3 is 2.23 bits per heavy atom. The van der Waals surface area contributed by atoms with E-state index in [2.05, 4.69) is 14.9 Å². The Labute approximate surface area is 177 Å². The minimum absolute atomic E-state index is 0.188. The maximum Gasteiger partial charge on any atom is 0.243 e. The van der Waals surface area contributed by atoms with Gasteiger partial charge in [0.15, 0.2) is 0 Å². The predicted octanol–water partition coefficient (Wildman–Crippen LogP) is 2.81. The van der Waals surface area contributed by atoms with Gasteiger partial charge in [0, 0.05) is 45.3 Å². The monoisotopic (exact) mass is 433 g/mol. The molecule has 1 aliphatic carbocycles. The molecule has 0 unspecified atom stereocenters. The number of sulfonamides is 1. The molecule has 0 amide bonds. The van der Waals surface area contributed by atoms with Crippen LogP contribution in [0.3, 0.4) is 0 Å². The van der Waals surface area contributed by atoms with Crippen molar-refractivity contribution in [2.75, 3.05) is 37.0 Å². The van der Waals surface area contributed by atoms with E-state index < -0.39 is 15.8 Å². The standard InChI is InChI=1S/C21H28FN5O2S/c1-15-12-16(22)4-7-19(15)30(28,29)26-10-8-18(9-11-26)27(17-5-6-17)21-13-20(25(2)3)23-14-24-21/h4,7,12-14,17-18H,5-6,8-11H2,1-3H3. The van der Waals surface area contributed by atoms with Crippen LogP contribution >= 0.6 is 0 Å². The van der Waals surface area contributed by atoms with Crippen molar-refractivity contribution in [1.29, 1.82) is 0 Å². The third-order valence-corrected chi connectivity index (χ3v) is 7.93. The summed E-state index contributed by atoms with van der Waals surface area (Å²) in [6, 6.07) is 6.55. The van der Waals surface area contributed by atoms with Gasteiger partial charge in [-0.15, -0.1) is 0 Å². The lowest BCUT2D eigenvalue weighted by Crippen LogP contribution is -2.48. The van der Waals surface area contributed by atoms with Crippen molar-refractivity contribution in [3.63, 3.8) is 0 Å². The van der Waals surface area contributed by atoms with Gasteiger partial charge < -0.3 is 9.80 Å². The third-order valence-electron chi connectivity index (χ3n) is 5.87. The summed E-state index contributed by atoms with van der Waals surface area (Å²) in [6.07, 6.45) is 5.33. The molecule has 1 saturated heterocycles. The van der Waals surface area contributed by atoms with E-state index >= 15 is 0 Å². The molecule has 0 bridgehead atoms. The van der Waals surface area contributed by atoms with Crippen molar-refractivity contribution < 1.29 is 12.8 Å². The number of rotatable bonds is 6. The Morgan fingerprint density at radius 1 is 1.00 bits per heavy atom. The normalized spacial score (nSPS) is 18.4. The molecule has 0 N–H and O–H groups in total. The first-order valence-electron chi connectivity index (χ1n) is 10.3. The molecule has 2 heterocycles. The number of benzene rings is 1.